The summed E-state index contributed by atoms with van der Waals surface area (Å²) in [5.41, 5.74) is 3.37. The third kappa shape index (κ3) is 1.97. The third-order valence-corrected chi connectivity index (χ3v) is 3.46. The summed E-state index contributed by atoms with van der Waals surface area (Å²) in [4.78, 5) is 16.0. The molecule has 0 aliphatic heterocycles. The van der Waals surface area contributed by atoms with E-state index in [1.165, 1.54) is 0 Å². The fraction of sp³-hybridized carbons (Fsp3) is 0.118. The van der Waals surface area contributed by atoms with Gasteiger partial charge in [-0.05, 0) is 30.7 Å². The van der Waals surface area contributed by atoms with Crippen molar-refractivity contribution in [3.8, 4) is 16.9 Å². The Morgan fingerprint density at radius 3 is 2.50 bits per heavy atom. The second-order valence-corrected chi connectivity index (χ2v) is 4.73. The van der Waals surface area contributed by atoms with Gasteiger partial charge in [0, 0.05) is 22.2 Å². The average Bonchev–Trinajstić information content (AvgIpc) is 2.48. The summed E-state index contributed by atoms with van der Waals surface area (Å²) >= 11 is 0. The Kier molecular flexibility index (Phi) is 3.03. The number of pyridine rings is 1. The van der Waals surface area contributed by atoms with E-state index in [-0.39, 0.29) is 5.43 Å². The zero-order valence-corrected chi connectivity index (χ0v) is 11.4. The average molecular weight is 265 g/mol. The number of hydrogen-bond donors (Lipinski definition) is 1. The lowest BCUT2D eigenvalue weighted by molar-refractivity contribution is 0.415. The molecule has 0 amide bonds. The van der Waals surface area contributed by atoms with E-state index in [0.29, 0.717) is 16.7 Å². The lowest BCUT2D eigenvalue weighted by Gasteiger charge is -2.09. The fourth-order valence-electron chi connectivity index (χ4n) is 2.47. The molecular weight excluding hydrogens is 250 g/mol. The first-order chi connectivity index (χ1) is 9.70. The lowest BCUT2D eigenvalue weighted by Crippen LogP contribution is -2.09. The predicted molar refractivity (Wildman–Crippen MR) is 81.3 cm³/mol. The number of benzene rings is 2. The van der Waals surface area contributed by atoms with E-state index in [2.05, 4.69) is 4.98 Å². The summed E-state index contributed by atoms with van der Waals surface area (Å²) in [7, 11) is 1.60. The van der Waals surface area contributed by atoms with Crippen LogP contribution in [-0.4, -0.2) is 12.1 Å². The molecule has 0 fully saturated rings. The summed E-state index contributed by atoms with van der Waals surface area (Å²) < 4.78 is 5.20. The first-order valence-electron chi connectivity index (χ1n) is 6.47. The van der Waals surface area contributed by atoms with Crippen molar-refractivity contribution in [2.45, 2.75) is 6.92 Å². The molecule has 0 aliphatic carbocycles. The quantitative estimate of drug-likeness (QED) is 0.770. The molecule has 2 aromatic carbocycles. The molecule has 0 saturated heterocycles. The standard InChI is InChI=1S/C17H15NO2/c1-11-16(12-6-4-3-5-7-12)17(19)14-10-13(20-2)8-9-15(14)18-11/h3-10H,1-2H3,(H,18,19). The maximum atomic E-state index is 12.7. The molecule has 1 aromatic heterocycles. The Morgan fingerprint density at radius 2 is 1.80 bits per heavy atom. The summed E-state index contributed by atoms with van der Waals surface area (Å²) in [6.45, 7) is 1.92. The van der Waals surface area contributed by atoms with Crippen LogP contribution in [-0.2, 0) is 0 Å². The van der Waals surface area contributed by atoms with Gasteiger partial charge < -0.3 is 9.72 Å². The Morgan fingerprint density at radius 1 is 1.05 bits per heavy atom. The highest BCUT2D eigenvalue weighted by Crippen LogP contribution is 2.23. The smallest absolute Gasteiger partial charge is 0.197 e. The van der Waals surface area contributed by atoms with Gasteiger partial charge in [-0.1, -0.05) is 30.3 Å². The van der Waals surface area contributed by atoms with Gasteiger partial charge >= 0.3 is 0 Å². The van der Waals surface area contributed by atoms with Crippen molar-refractivity contribution in [2.24, 2.45) is 0 Å². The van der Waals surface area contributed by atoms with Crippen LogP contribution in [0.4, 0.5) is 0 Å². The van der Waals surface area contributed by atoms with Crippen molar-refractivity contribution in [2.75, 3.05) is 7.11 Å². The van der Waals surface area contributed by atoms with Crippen LogP contribution in [0, 0.1) is 6.92 Å². The highest BCUT2D eigenvalue weighted by Gasteiger charge is 2.11. The molecule has 0 unspecified atom stereocenters. The molecule has 1 heterocycles. The number of aromatic nitrogens is 1. The Labute approximate surface area is 116 Å². The van der Waals surface area contributed by atoms with Gasteiger partial charge in [0.15, 0.2) is 5.43 Å². The highest BCUT2D eigenvalue weighted by atomic mass is 16.5. The SMILES string of the molecule is COc1ccc2[nH]c(C)c(-c3ccccc3)c(=O)c2c1. The Bertz CT molecular complexity index is 820. The van der Waals surface area contributed by atoms with Crippen LogP contribution >= 0.6 is 0 Å². The molecule has 0 bridgehead atoms. The normalized spacial score (nSPS) is 10.7. The topological polar surface area (TPSA) is 42.1 Å². The summed E-state index contributed by atoms with van der Waals surface area (Å²) in [6, 6.07) is 15.2. The van der Waals surface area contributed by atoms with Gasteiger partial charge in [-0.15, -0.1) is 0 Å². The molecule has 3 aromatic rings. The second kappa shape index (κ2) is 4.85. The van der Waals surface area contributed by atoms with Gasteiger partial charge in [0.1, 0.15) is 5.75 Å². The van der Waals surface area contributed by atoms with Crippen LogP contribution < -0.4 is 10.2 Å². The van der Waals surface area contributed by atoms with Crippen molar-refractivity contribution in [1.82, 2.24) is 4.98 Å². The van der Waals surface area contributed by atoms with Crippen LogP contribution in [0.2, 0.25) is 0 Å². The molecule has 0 spiro atoms. The maximum absolute atomic E-state index is 12.7. The number of hydrogen-bond acceptors (Lipinski definition) is 2. The van der Waals surface area contributed by atoms with Crippen molar-refractivity contribution < 1.29 is 4.74 Å². The first kappa shape index (κ1) is 12.5. The van der Waals surface area contributed by atoms with Gasteiger partial charge in [-0.2, -0.15) is 0 Å². The van der Waals surface area contributed by atoms with E-state index in [0.717, 1.165) is 16.8 Å². The minimum Gasteiger partial charge on any atom is -0.497 e. The van der Waals surface area contributed by atoms with E-state index in [1.807, 2.05) is 49.4 Å². The number of aryl methyl sites for hydroxylation is 1. The molecule has 0 saturated carbocycles. The van der Waals surface area contributed by atoms with Crippen LogP contribution in [0.3, 0.4) is 0 Å². The Hall–Kier alpha value is -2.55. The molecule has 3 heteroatoms. The zero-order valence-electron chi connectivity index (χ0n) is 11.4. The molecular formula is C17H15NO2. The van der Waals surface area contributed by atoms with Crippen molar-refractivity contribution in [1.29, 1.82) is 0 Å². The van der Waals surface area contributed by atoms with Crippen LogP contribution in [0.5, 0.6) is 5.75 Å². The summed E-state index contributed by atoms with van der Waals surface area (Å²) in [5.74, 6) is 0.686. The van der Waals surface area contributed by atoms with Gasteiger partial charge in [0.2, 0.25) is 0 Å². The molecule has 0 radical (unpaired) electrons. The lowest BCUT2D eigenvalue weighted by atomic mass is 10.0. The van der Waals surface area contributed by atoms with Crippen LogP contribution in [0.15, 0.2) is 53.3 Å². The highest BCUT2D eigenvalue weighted by molar-refractivity contribution is 5.85. The number of ether oxygens (including phenoxy) is 1. The van der Waals surface area contributed by atoms with Crippen LogP contribution in [0.25, 0.3) is 22.0 Å². The summed E-state index contributed by atoms with van der Waals surface area (Å²) in [6.07, 6.45) is 0. The molecule has 3 rings (SSSR count). The van der Waals surface area contributed by atoms with Gasteiger partial charge in [0.05, 0.1) is 7.11 Å². The number of fused-ring (bicyclic) bond motifs is 1. The van der Waals surface area contributed by atoms with Crippen molar-refractivity contribution >= 4 is 10.9 Å². The number of methoxy groups -OCH3 is 1. The van der Waals surface area contributed by atoms with E-state index in [4.69, 9.17) is 4.74 Å². The fourth-order valence-corrected chi connectivity index (χ4v) is 2.47. The maximum Gasteiger partial charge on any atom is 0.197 e. The van der Waals surface area contributed by atoms with E-state index in [9.17, 15) is 4.79 Å². The third-order valence-electron chi connectivity index (χ3n) is 3.46. The van der Waals surface area contributed by atoms with E-state index >= 15 is 0 Å². The number of aromatic amines is 1. The monoisotopic (exact) mass is 265 g/mol. The molecule has 0 aliphatic rings. The minimum atomic E-state index is 0.0290. The number of rotatable bonds is 2. The molecule has 100 valence electrons. The second-order valence-electron chi connectivity index (χ2n) is 4.73. The Balaban J connectivity index is 2.36. The molecule has 0 atom stereocenters. The van der Waals surface area contributed by atoms with Gasteiger partial charge in [-0.25, -0.2) is 0 Å². The van der Waals surface area contributed by atoms with E-state index < -0.39 is 0 Å². The number of nitrogens with one attached hydrogen (secondary N) is 1. The molecule has 20 heavy (non-hydrogen) atoms. The molecule has 1 N–H and O–H groups in total. The minimum absolute atomic E-state index is 0.0290. The van der Waals surface area contributed by atoms with E-state index in [1.54, 1.807) is 13.2 Å². The zero-order chi connectivity index (χ0) is 14.1. The summed E-state index contributed by atoms with van der Waals surface area (Å²) in [5, 5.41) is 0.647. The molecule has 3 nitrogen and oxygen atoms in total. The van der Waals surface area contributed by atoms with Gasteiger partial charge in [0.25, 0.3) is 0 Å². The van der Waals surface area contributed by atoms with Crippen molar-refractivity contribution in [3.63, 3.8) is 0 Å². The number of H-pyrrole nitrogens is 1. The van der Waals surface area contributed by atoms with Crippen LogP contribution in [0.1, 0.15) is 5.69 Å². The first-order valence-corrected chi connectivity index (χ1v) is 6.47. The van der Waals surface area contributed by atoms with Gasteiger partial charge in [-0.3, -0.25) is 4.79 Å². The van der Waals surface area contributed by atoms with Crippen molar-refractivity contribution in [3.05, 3.63) is 64.4 Å². The largest absolute Gasteiger partial charge is 0.497 e. The predicted octanol–water partition coefficient (Wildman–Crippen LogP) is 3.51.